The highest BCUT2D eigenvalue weighted by molar-refractivity contribution is 5.79. The van der Waals surface area contributed by atoms with E-state index in [0.717, 1.165) is 0 Å². The van der Waals surface area contributed by atoms with Crippen molar-refractivity contribution in [2.45, 2.75) is 12.5 Å². The smallest absolute Gasteiger partial charge is 0.225 e. The van der Waals surface area contributed by atoms with Crippen LogP contribution in [0.2, 0.25) is 0 Å². The summed E-state index contributed by atoms with van der Waals surface area (Å²) < 4.78 is 12.8. The van der Waals surface area contributed by atoms with Crippen LogP contribution in [0.25, 0.3) is 0 Å². The van der Waals surface area contributed by atoms with E-state index in [0.29, 0.717) is 11.3 Å². The summed E-state index contributed by atoms with van der Waals surface area (Å²) in [5.41, 5.74) is 1.17. The highest BCUT2D eigenvalue weighted by Crippen LogP contribution is 2.09. The fourth-order valence-corrected chi connectivity index (χ4v) is 1.72. The second-order valence-corrected chi connectivity index (χ2v) is 4.19. The lowest BCUT2D eigenvalue weighted by molar-refractivity contribution is -0.120. The minimum Gasteiger partial charge on any atom is -0.335 e. The van der Waals surface area contributed by atoms with Gasteiger partial charge in [-0.25, -0.2) is 4.39 Å². The molecule has 0 aliphatic carbocycles. The van der Waals surface area contributed by atoms with Gasteiger partial charge in [-0.3, -0.25) is 9.78 Å². The number of hydrogen-bond donors (Lipinski definition) is 1. The van der Waals surface area contributed by atoms with Gasteiger partial charge in [0.1, 0.15) is 5.82 Å². The summed E-state index contributed by atoms with van der Waals surface area (Å²) in [5.74, 6) is -0.661. The number of pyridine rings is 1. The molecule has 1 N–H and O–H groups in total. The van der Waals surface area contributed by atoms with Crippen LogP contribution in [-0.4, -0.2) is 10.9 Å². The van der Waals surface area contributed by atoms with E-state index in [-0.39, 0.29) is 18.1 Å². The summed E-state index contributed by atoms with van der Waals surface area (Å²) in [5, 5.41) is 11.7. The highest BCUT2D eigenvalue weighted by Gasteiger charge is 2.14. The normalized spacial score (nSPS) is 11.4. The van der Waals surface area contributed by atoms with Crippen molar-refractivity contribution >= 4 is 5.91 Å². The van der Waals surface area contributed by atoms with Gasteiger partial charge in [0, 0.05) is 6.20 Å². The van der Waals surface area contributed by atoms with Gasteiger partial charge in [-0.15, -0.1) is 0 Å². The molecule has 0 spiro atoms. The van der Waals surface area contributed by atoms with E-state index in [1.54, 1.807) is 24.4 Å². The Balaban J connectivity index is 2.00. The summed E-state index contributed by atoms with van der Waals surface area (Å²) in [6.45, 7) is 0. The summed E-state index contributed by atoms with van der Waals surface area (Å²) in [4.78, 5) is 15.9. The lowest BCUT2D eigenvalue weighted by atomic mass is 10.1. The maximum Gasteiger partial charge on any atom is 0.225 e. The van der Waals surface area contributed by atoms with Crippen molar-refractivity contribution in [1.82, 2.24) is 10.3 Å². The summed E-state index contributed by atoms with van der Waals surface area (Å²) in [7, 11) is 0. The summed E-state index contributed by atoms with van der Waals surface area (Å²) in [6, 6.07) is 12.0. The number of nitrogens with zero attached hydrogens (tertiary/aromatic N) is 2. The molecule has 100 valence electrons. The molecule has 1 heterocycles. The van der Waals surface area contributed by atoms with Crippen LogP contribution in [0.4, 0.5) is 4.39 Å². The van der Waals surface area contributed by atoms with Crippen molar-refractivity contribution in [3.05, 3.63) is 65.7 Å². The number of nitrogens with one attached hydrogen (secondary N) is 1. The molecule has 0 aliphatic rings. The molecule has 1 amide bonds. The molecule has 20 heavy (non-hydrogen) atoms. The molecule has 0 aliphatic heterocycles. The van der Waals surface area contributed by atoms with Crippen LogP contribution in [-0.2, 0) is 11.2 Å². The Morgan fingerprint density at radius 1 is 1.30 bits per heavy atom. The van der Waals surface area contributed by atoms with Crippen molar-refractivity contribution in [3.63, 3.8) is 0 Å². The predicted octanol–water partition coefficient (Wildman–Crippen LogP) is 2.14. The number of hydrogen-bond acceptors (Lipinski definition) is 3. The van der Waals surface area contributed by atoms with Crippen LogP contribution in [0, 0.1) is 17.1 Å². The number of rotatable bonds is 4. The van der Waals surface area contributed by atoms with Gasteiger partial charge in [-0.2, -0.15) is 5.26 Å². The van der Waals surface area contributed by atoms with Gasteiger partial charge in [0.15, 0.2) is 6.04 Å². The number of halogens is 1. The standard InChI is InChI=1S/C15H12FN3O/c16-12-6-4-11(5-7-12)9-15(20)19-14(10-17)13-3-1-2-8-18-13/h1-8,14H,9H2,(H,19,20). The van der Waals surface area contributed by atoms with Crippen molar-refractivity contribution in [3.8, 4) is 6.07 Å². The Kier molecular flexibility index (Phi) is 4.40. The Hall–Kier alpha value is -2.74. The van der Waals surface area contributed by atoms with Crippen molar-refractivity contribution in [1.29, 1.82) is 5.26 Å². The molecule has 2 aromatic rings. The van der Waals surface area contributed by atoms with E-state index in [2.05, 4.69) is 10.3 Å². The molecular weight excluding hydrogens is 257 g/mol. The van der Waals surface area contributed by atoms with Gasteiger partial charge in [-0.1, -0.05) is 18.2 Å². The Bertz CT molecular complexity index is 620. The second kappa shape index (κ2) is 6.43. The molecule has 1 aromatic carbocycles. The zero-order valence-corrected chi connectivity index (χ0v) is 10.6. The zero-order chi connectivity index (χ0) is 14.4. The molecule has 0 saturated heterocycles. The third kappa shape index (κ3) is 3.62. The Morgan fingerprint density at radius 2 is 2.05 bits per heavy atom. The summed E-state index contributed by atoms with van der Waals surface area (Å²) >= 11 is 0. The first-order chi connectivity index (χ1) is 9.69. The molecule has 0 bridgehead atoms. The monoisotopic (exact) mass is 269 g/mol. The number of nitriles is 1. The zero-order valence-electron chi connectivity index (χ0n) is 10.6. The molecule has 5 heteroatoms. The fourth-order valence-electron chi connectivity index (χ4n) is 1.72. The first-order valence-corrected chi connectivity index (χ1v) is 6.03. The van der Waals surface area contributed by atoms with E-state index in [1.807, 2.05) is 6.07 Å². The van der Waals surface area contributed by atoms with Crippen LogP contribution in [0.15, 0.2) is 48.7 Å². The Labute approximate surface area is 115 Å². The van der Waals surface area contributed by atoms with Gasteiger partial charge < -0.3 is 5.32 Å². The van der Waals surface area contributed by atoms with E-state index < -0.39 is 6.04 Å². The molecular formula is C15H12FN3O. The fraction of sp³-hybridized carbons (Fsp3) is 0.133. The maximum absolute atomic E-state index is 12.8. The van der Waals surface area contributed by atoms with Gasteiger partial charge >= 0.3 is 0 Å². The molecule has 1 atom stereocenters. The van der Waals surface area contributed by atoms with Crippen LogP contribution in [0.1, 0.15) is 17.3 Å². The highest BCUT2D eigenvalue weighted by atomic mass is 19.1. The largest absolute Gasteiger partial charge is 0.335 e. The van der Waals surface area contributed by atoms with Crippen molar-refractivity contribution in [2.75, 3.05) is 0 Å². The molecule has 0 fully saturated rings. The third-order valence-corrected chi connectivity index (χ3v) is 2.70. The molecule has 2 rings (SSSR count). The number of carbonyl (C=O) groups is 1. The maximum atomic E-state index is 12.8. The number of amides is 1. The molecule has 1 aromatic heterocycles. The summed E-state index contributed by atoms with van der Waals surface area (Å²) in [6.07, 6.45) is 1.65. The lowest BCUT2D eigenvalue weighted by Gasteiger charge is -2.11. The minimum absolute atomic E-state index is 0.0886. The average Bonchev–Trinajstić information content (AvgIpc) is 2.48. The van der Waals surface area contributed by atoms with E-state index in [9.17, 15) is 9.18 Å². The van der Waals surface area contributed by atoms with Gasteiger partial charge in [-0.05, 0) is 29.8 Å². The quantitative estimate of drug-likeness (QED) is 0.924. The SMILES string of the molecule is N#CC(NC(=O)Cc1ccc(F)cc1)c1ccccn1. The molecule has 0 radical (unpaired) electrons. The topological polar surface area (TPSA) is 65.8 Å². The first-order valence-electron chi connectivity index (χ1n) is 6.03. The first kappa shape index (κ1) is 13.7. The number of benzene rings is 1. The van der Waals surface area contributed by atoms with E-state index in [4.69, 9.17) is 5.26 Å². The molecule has 1 unspecified atom stereocenters. The predicted molar refractivity (Wildman–Crippen MR) is 70.8 cm³/mol. The molecule has 0 saturated carbocycles. The van der Waals surface area contributed by atoms with Crippen LogP contribution < -0.4 is 5.32 Å². The van der Waals surface area contributed by atoms with Crippen LogP contribution >= 0.6 is 0 Å². The van der Waals surface area contributed by atoms with Crippen LogP contribution in [0.3, 0.4) is 0 Å². The van der Waals surface area contributed by atoms with E-state index in [1.165, 1.54) is 24.3 Å². The Morgan fingerprint density at radius 3 is 2.65 bits per heavy atom. The minimum atomic E-state index is -0.788. The number of carbonyl (C=O) groups excluding carboxylic acids is 1. The molecule has 4 nitrogen and oxygen atoms in total. The third-order valence-electron chi connectivity index (χ3n) is 2.70. The van der Waals surface area contributed by atoms with Crippen molar-refractivity contribution in [2.24, 2.45) is 0 Å². The van der Waals surface area contributed by atoms with Gasteiger partial charge in [0.05, 0.1) is 18.2 Å². The van der Waals surface area contributed by atoms with Crippen molar-refractivity contribution < 1.29 is 9.18 Å². The van der Waals surface area contributed by atoms with Crippen LogP contribution in [0.5, 0.6) is 0 Å². The number of aromatic nitrogens is 1. The van der Waals surface area contributed by atoms with Gasteiger partial charge in [0.25, 0.3) is 0 Å². The lowest BCUT2D eigenvalue weighted by Crippen LogP contribution is -2.29. The van der Waals surface area contributed by atoms with E-state index >= 15 is 0 Å². The van der Waals surface area contributed by atoms with Gasteiger partial charge in [0.2, 0.25) is 5.91 Å². The second-order valence-electron chi connectivity index (χ2n) is 4.19. The average molecular weight is 269 g/mol.